The predicted molar refractivity (Wildman–Crippen MR) is 65.1 cm³/mol. The van der Waals surface area contributed by atoms with Crippen LogP contribution in [-0.4, -0.2) is 24.5 Å². The van der Waals surface area contributed by atoms with Gasteiger partial charge in [0.2, 0.25) is 5.91 Å². The van der Waals surface area contributed by atoms with Gasteiger partial charge in [0.25, 0.3) is 0 Å². The smallest absolute Gasteiger partial charge is 0.221 e. The summed E-state index contributed by atoms with van der Waals surface area (Å²) < 4.78 is 0. The zero-order chi connectivity index (χ0) is 12.0. The van der Waals surface area contributed by atoms with Crippen molar-refractivity contribution in [1.82, 2.24) is 10.6 Å². The Labute approximate surface area is 98.4 Å². The molecule has 0 heterocycles. The van der Waals surface area contributed by atoms with Crippen molar-refractivity contribution in [2.45, 2.75) is 59.0 Å². The van der Waals surface area contributed by atoms with E-state index in [4.69, 9.17) is 0 Å². The van der Waals surface area contributed by atoms with Crippen LogP contribution in [-0.2, 0) is 4.79 Å². The van der Waals surface area contributed by atoms with Gasteiger partial charge in [0.15, 0.2) is 0 Å². The second kappa shape index (κ2) is 3.73. The number of hydrogen-bond donors (Lipinski definition) is 2. The third-order valence-corrected chi connectivity index (χ3v) is 4.69. The monoisotopic (exact) mass is 224 g/mol. The maximum absolute atomic E-state index is 11.7. The minimum absolute atomic E-state index is 0.191. The summed E-state index contributed by atoms with van der Waals surface area (Å²) in [6, 6.07) is 1.04. The van der Waals surface area contributed by atoms with Gasteiger partial charge in [-0.05, 0) is 23.7 Å². The summed E-state index contributed by atoms with van der Waals surface area (Å²) >= 11 is 0. The number of carbonyl (C=O) groups excluding carboxylic acids is 1. The van der Waals surface area contributed by atoms with Gasteiger partial charge >= 0.3 is 0 Å². The van der Waals surface area contributed by atoms with E-state index in [1.165, 1.54) is 12.8 Å². The van der Waals surface area contributed by atoms with E-state index in [-0.39, 0.29) is 16.7 Å². The normalized spacial score (nSPS) is 26.5. The third-order valence-electron chi connectivity index (χ3n) is 4.69. The molecule has 0 saturated heterocycles. The van der Waals surface area contributed by atoms with E-state index in [9.17, 15) is 4.79 Å². The second-order valence-electron chi connectivity index (χ2n) is 6.42. The largest absolute Gasteiger partial charge is 0.352 e. The predicted octanol–water partition coefficient (Wildman–Crippen LogP) is 1.68. The van der Waals surface area contributed by atoms with Crippen molar-refractivity contribution in [1.29, 1.82) is 0 Å². The van der Waals surface area contributed by atoms with Crippen molar-refractivity contribution < 1.29 is 4.79 Å². The quantitative estimate of drug-likeness (QED) is 0.746. The van der Waals surface area contributed by atoms with Crippen LogP contribution in [0.3, 0.4) is 0 Å². The van der Waals surface area contributed by atoms with Crippen molar-refractivity contribution in [3.8, 4) is 0 Å². The van der Waals surface area contributed by atoms with Crippen LogP contribution in [0, 0.1) is 10.8 Å². The van der Waals surface area contributed by atoms with Crippen LogP contribution in [0.4, 0.5) is 0 Å². The number of hydrogen-bond acceptors (Lipinski definition) is 2. The van der Waals surface area contributed by atoms with Crippen LogP contribution in [0.2, 0.25) is 0 Å². The van der Waals surface area contributed by atoms with E-state index >= 15 is 0 Å². The molecule has 0 aliphatic heterocycles. The Balaban J connectivity index is 1.67. The highest BCUT2D eigenvalue weighted by Crippen LogP contribution is 2.62. The van der Waals surface area contributed by atoms with Gasteiger partial charge in [-0.15, -0.1) is 0 Å². The van der Waals surface area contributed by atoms with E-state index in [1.807, 2.05) is 0 Å². The molecule has 16 heavy (non-hydrogen) atoms. The lowest BCUT2D eigenvalue weighted by molar-refractivity contribution is -0.121. The fraction of sp³-hybridized carbons (Fsp3) is 0.923. The van der Waals surface area contributed by atoms with Crippen molar-refractivity contribution in [2.24, 2.45) is 10.8 Å². The molecule has 2 fully saturated rings. The number of carbonyl (C=O) groups is 1. The molecule has 3 nitrogen and oxygen atoms in total. The molecule has 0 aromatic rings. The molecular weight excluding hydrogens is 200 g/mol. The summed E-state index contributed by atoms with van der Waals surface area (Å²) in [5.74, 6) is 0.191. The summed E-state index contributed by atoms with van der Waals surface area (Å²) in [4.78, 5) is 11.7. The van der Waals surface area contributed by atoms with Crippen LogP contribution in [0.25, 0.3) is 0 Å². The molecule has 2 rings (SSSR count). The SMILES string of the molecule is CC1(C)C(NC(=O)CCNC2CC2)C1(C)C. The Morgan fingerprint density at radius 1 is 1.19 bits per heavy atom. The highest BCUT2D eigenvalue weighted by molar-refractivity contribution is 5.77. The van der Waals surface area contributed by atoms with Gasteiger partial charge in [0.1, 0.15) is 0 Å². The lowest BCUT2D eigenvalue weighted by atomic mass is 10.0. The first-order valence-corrected chi connectivity index (χ1v) is 6.38. The van der Waals surface area contributed by atoms with E-state index in [2.05, 4.69) is 38.3 Å². The Morgan fingerprint density at radius 2 is 1.75 bits per heavy atom. The summed E-state index contributed by atoms with van der Waals surface area (Å²) in [5.41, 5.74) is 0.485. The average molecular weight is 224 g/mol. The number of amides is 1. The van der Waals surface area contributed by atoms with Gasteiger partial charge in [-0.3, -0.25) is 4.79 Å². The van der Waals surface area contributed by atoms with E-state index < -0.39 is 0 Å². The molecule has 2 saturated carbocycles. The van der Waals surface area contributed by atoms with Gasteiger partial charge < -0.3 is 10.6 Å². The molecule has 2 aliphatic carbocycles. The molecule has 0 radical (unpaired) electrons. The Morgan fingerprint density at radius 3 is 2.19 bits per heavy atom. The van der Waals surface area contributed by atoms with Crippen LogP contribution >= 0.6 is 0 Å². The maximum Gasteiger partial charge on any atom is 0.221 e. The average Bonchev–Trinajstić information content (AvgIpc) is 3.03. The highest BCUT2D eigenvalue weighted by Gasteiger charge is 2.65. The zero-order valence-electron chi connectivity index (χ0n) is 10.9. The maximum atomic E-state index is 11.7. The van der Waals surface area contributed by atoms with E-state index in [0.717, 1.165) is 6.54 Å². The Hall–Kier alpha value is -0.570. The van der Waals surface area contributed by atoms with Gasteiger partial charge in [-0.25, -0.2) is 0 Å². The molecule has 0 aromatic carbocycles. The molecule has 3 heteroatoms. The molecular formula is C13H24N2O. The molecule has 92 valence electrons. The first-order valence-electron chi connectivity index (χ1n) is 6.38. The minimum Gasteiger partial charge on any atom is -0.352 e. The van der Waals surface area contributed by atoms with E-state index in [0.29, 0.717) is 18.5 Å². The Kier molecular flexibility index (Phi) is 2.77. The summed E-state index contributed by atoms with van der Waals surface area (Å²) in [6.07, 6.45) is 3.17. The first-order chi connectivity index (χ1) is 7.35. The van der Waals surface area contributed by atoms with Crippen LogP contribution < -0.4 is 10.6 Å². The Bertz CT molecular complexity index is 278. The second-order valence-corrected chi connectivity index (χ2v) is 6.42. The van der Waals surface area contributed by atoms with Gasteiger partial charge in [0.05, 0.1) is 0 Å². The molecule has 1 amide bonds. The van der Waals surface area contributed by atoms with Gasteiger partial charge in [0, 0.05) is 25.0 Å². The fourth-order valence-electron chi connectivity index (χ4n) is 2.47. The van der Waals surface area contributed by atoms with Gasteiger partial charge in [-0.1, -0.05) is 27.7 Å². The van der Waals surface area contributed by atoms with Crippen molar-refractivity contribution >= 4 is 5.91 Å². The van der Waals surface area contributed by atoms with Crippen molar-refractivity contribution in [3.63, 3.8) is 0 Å². The summed E-state index contributed by atoms with van der Waals surface area (Å²) in [6.45, 7) is 9.71. The molecule has 0 unspecified atom stereocenters. The lowest BCUT2D eigenvalue weighted by Crippen LogP contribution is -2.32. The first kappa shape index (κ1) is 11.9. The topological polar surface area (TPSA) is 41.1 Å². The number of rotatable bonds is 5. The zero-order valence-corrected chi connectivity index (χ0v) is 10.9. The van der Waals surface area contributed by atoms with Crippen LogP contribution in [0.15, 0.2) is 0 Å². The van der Waals surface area contributed by atoms with Crippen LogP contribution in [0.1, 0.15) is 47.0 Å². The summed E-state index contributed by atoms with van der Waals surface area (Å²) in [5, 5.41) is 6.51. The number of nitrogens with one attached hydrogen (secondary N) is 2. The van der Waals surface area contributed by atoms with Crippen molar-refractivity contribution in [2.75, 3.05) is 6.54 Å². The highest BCUT2D eigenvalue weighted by atomic mass is 16.1. The molecule has 0 bridgehead atoms. The lowest BCUT2D eigenvalue weighted by Gasteiger charge is -2.07. The van der Waals surface area contributed by atoms with Gasteiger partial charge in [-0.2, -0.15) is 0 Å². The molecule has 0 spiro atoms. The molecule has 2 N–H and O–H groups in total. The third kappa shape index (κ3) is 2.10. The van der Waals surface area contributed by atoms with E-state index in [1.54, 1.807) is 0 Å². The van der Waals surface area contributed by atoms with Crippen molar-refractivity contribution in [3.05, 3.63) is 0 Å². The van der Waals surface area contributed by atoms with Crippen LogP contribution in [0.5, 0.6) is 0 Å². The molecule has 2 aliphatic rings. The summed E-state index contributed by atoms with van der Waals surface area (Å²) in [7, 11) is 0. The molecule has 0 aromatic heterocycles. The standard InChI is InChI=1S/C13H24N2O/c1-12(2)11(13(12,3)4)15-10(16)7-8-14-9-5-6-9/h9,11,14H,5-8H2,1-4H3,(H,15,16). The minimum atomic E-state index is 0.191. The molecule has 0 atom stereocenters. The fourth-order valence-corrected chi connectivity index (χ4v) is 2.47.